The summed E-state index contributed by atoms with van der Waals surface area (Å²) in [6, 6.07) is 0. The van der Waals surface area contributed by atoms with Gasteiger partial charge in [-0.1, -0.05) is 0 Å². The fourth-order valence-electron chi connectivity index (χ4n) is 2.41. The Balaban J connectivity index is 1.77. The highest BCUT2D eigenvalue weighted by atomic mass is 32.2. The molecule has 0 spiro atoms. The lowest BCUT2D eigenvalue weighted by Gasteiger charge is -2.24. The van der Waals surface area contributed by atoms with E-state index < -0.39 is 72.9 Å². The first-order valence-corrected chi connectivity index (χ1v) is 13.8. The number of hydrogen-bond donors (Lipinski definition) is 0. The SMILES string of the molecule is O=P(O[C@@H]1C=CS(=O)(=O)C1)(O[C@@H]1C=CS(=O)(=O)C1)O[C@@H]1C=CS(=O)(=O)C1. The maximum absolute atomic E-state index is 13.0. The number of phosphoric acid groups is 1. The Hall–Kier alpha value is -0.820. The van der Waals surface area contributed by atoms with Crippen LogP contribution in [0, 0.1) is 0 Å². The largest absolute Gasteiger partial charge is 0.476 e. The highest BCUT2D eigenvalue weighted by molar-refractivity contribution is 7.95. The van der Waals surface area contributed by atoms with Gasteiger partial charge in [0.1, 0.15) is 18.3 Å². The summed E-state index contributed by atoms with van der Waals surface area (Å²) in [5.74, 6) is -1.45. The van der Waals surface area contributed by atoms with Crippen LogP contribution in [-0.4, -0.2) is 60.8 Å². The van der Waals surface area contributed by atoms with Crippen LogP contribution in [0.3, 0.4) is 0 Å². The lowest BCUT2D eigenvalue weighted by atomic mass is 10.4. The number of sulfone groups is 3. The van der Waals surface area contributed by atoms with Crippen LogP contribution >= 0.6 is 7.82 Å². The predicted octanol–water partition coefficient (Wildman–Crippen LogP) is 0.0764. The molecule has 0 saturated heterocycles. The van der Waals surface area contributed by atoms with Gasteiger partial charge >= 0.3 is 7.82 Å². The highest BCUT2D eigenvalue weighted by Gasteiger charge is 2.41. The van der Waals surface area contributed by atoms with Gasteiger partial charge in [-0.3, -0.25) is 13.6 Å². The third-order valence-electron chi connectivity index (χ3n) is 3.48. The van der Waals surface area contributed by atoms with Crippen molar-refractivity contribution in [1.29, 1.82) is 0 Å². The van der Waals surface area contributed by atoms with E-state index in [0.717, 1.165) is 34.5 Å². The molecule has 26 heavy (non-hydrogen) atoms. The van der Waals surface area contributed by atoms with Gasteiger partial charge in [-0.25, -0.2) is 29.8 Å². The van der Waals surface area contributed by atoms with Crippen molar-refractivity contribution < 1.29 is 43.4 Å². The minimum absolute atomic E-state index is 0.485. The number of rotatable bonds is 6. The van der Waals surface area contributed by atoms with Crippen LogP contribution in [-0.2, 0) is 47.6 Å². The third kappa shape index (κ3) is 5.12. The van der Waals surface area contributed by atoms with Crippen LogP contribution < -0.4 is 0 Å². The van der Waals surface area contributed by atoms with Gasteiger partial charge in [0, 0.05) is 16.2 Å². The van der Waals surface area contributed by atoms with Crippen molar-refractivity contribution >= 4 is 37.3 Å². The molecule has 0 aliphatic carbocycles. The lowest BCUT2D eigenvalue weighted by molar-refractivity contribution is 0.0786. The molecule has 0 N–H and O–H groups in total. The molecule has 3 rings (SSSR count). The predicted molar refractivity (Wildman–Crippen MR) is 91.0 cm³/mol. The van der Waals surface area contributed by atoms with Crippen molar-refractivity contribution in [1.82, 2.24) is 0 Å². The Bertz CT molecular complexity index is 902. The summed E-state index contributed by atoms with van der Waals surface area (Å²) in [4.78, 5) is 0. The molecule has 0 amide bonds. The summed E-state index contributed by atoms with van der Waals surface area (Å²) in [6.45, 7) is 0. The summed E-state index contributed by atoms with van der Waals surface area (Å²) in [7, 11) is -15.0. The van der Waals surface area contributed by atoms with Gasteiger partial charge in [0.15, 0.2) is 29.5 Å². The van der Waals surface area contributed by atoms with Gasteiger partial charge < -0.3 is 0 Å². The Morgan fingerprint density at radius 3 is 1.08 bits per heavy atom. The van der Waals surface area contributed by atoms with E-state index in [-0.39, 0.29) is 0 Å². The summed E-state index contributed by atoms with van der Waals surface area (Å²) < 4.78 is 97.3. The summed E-state index contributed by atoms with van der Waals surface area (Å²) >= 11 is 0. The average molecular weight is 446 g/mol. The third-order valence-corrected chi connectivity index (χ3v) is 9.17. The Morgan fingerprint density at radius 1 is 0.615 bits per heavy atom. The van der Waals surface area contributed by atoms with Crippen LogP contribution in [0.25, 0.3) is 0 Å². The van der Waals surface area contributed by atoms with Crippen LogP contribution in [0.5, 0.6) is 0 Å². The summed E-state index contributed by atoms with van der Waals surface area (Å²) in [5.41, 5.74) is 0. The van der Waals surface area contributed by atoms with E-state index in [2.05, 4.69) is 0 Å². The van der Waals surface area contributed by atoms with E-state index in [4.69, 9.17) is 13.6 Å². The second kappa shape index (κ2) is 6.66. The molecule has 3 atom stereocenters. The maximum atomic E-state index is 13.0. The zero-order valence-electron chi connectivity index (χ0n) is 13.1. The molecule has 14 heteroatoms. The number of hydrogen-bond acceptors (Lipinski definition) is 10. The smallest absolute Gasteiger partial charge is 0.278 e. The quantitative estimate of drug-likeness (QED) is 0.514. The van der Waals surface area contributed by atoms with Crippen LogP contribution in [0.1, 0.15) is 0 Å². The summed E-state index contributed by atoms with van der Waals surface area (Å²) in [5, 5.41) is 2.67. The van der Waals surface area contributed by atoms with E-state index in [1.165, 1.54) is 0 Å². The van der Waals surface area contributed by atoms with Gasteiger partial charge in [0.05, 0.1) is 17.3 Å². The first-order chi connectivity index (χ1) is 11.9. The van der Waals surface area contributed by atoms with E-state index in [9.17, 15) is 29.8 Å². The van der Waals surface area contributed by atoms with Crippen molar-refractivity contribution in [2.24, 2.45) is 0 Å². The molecule has 0 fully saturated rings. The van der Waals surface area contributed by atoms with Crippen molar-refractivity contribution in [3.63, 3.8) is 0 Å². The lowest BCUT2D eigenvalue weighted by Crippen LogP contribution is -2.23. The van der Waals surface area contributed by atoms with Crippen LogP contribution in [0.2, 0.25) is 0 Å². The van der Waals surface area contributed by atoms with E-state index in [1.807, 2.05) is 0 Å². The van der Waals surface area contributed by atoms with Crippen molar-refractivity contribution in [2.45, 2.75) is 18.3 Å². The van der Waals surface area contributed by atoms with Crippen molar-refractivity contribution in [3.8, 4) is 0 Å². The van der Waals surface area contributed by atoms with Gasteiger partial charge in [-0.2, -0.15) is 0 Å². The molecule has 3 heterocycles. The molecule has 0 aromatic heterocycles. The Morgan fingerprint density at radius 2 is 0.885 bits per heavy atom. The Labute approximate surface area is 150 Å². The molecular formula is C12H15O10PS3. The summed E-state index contributed by atoms with van der Waals surface area (Å²) in [6.07, 6.45) is 0.0605. The van der Waals surface area contributed by atoms with E-state index >= 15 is 0 Å². The molecule has 0 radical (unpaired) electrons. The average Bonchev–Trinajstić information content (AvgIpc) is 3.07. The zero-order valence-corrected chi connectivity index (χ0v) is 16.4. The van der Waals surface area contributed by atoms with Crippen LogP contribution in [0.15, 0.2) is 34.5 Å². The standard InChI is InChI=1S/C12H15O10PS3/c13-23(20-10-1-4-24(14,15)7-10,21-11-2-5-25(16,17)8-11)22-12-3-6-26(18,19)9-12/h1-6,10-12H,7-9H2/t10-,11-,12-/m1/s1. The van der Waals surface area contributed by atoms with Crippen molar-refractivity contribution in [2.75, 3.05) is 17.3 Å². The molecule has 0 aromatic carbocycles. The monoisotopic (exact) mass is 446 g/mol. The molecular weight excluding hydrogens is 431 g/mol. The van der Waals surface area contributed by atoms with Gasteiger partial charge in [-0.15, -0.1) is 0 Å². The van der Waals surface area contributed by atoms with Gasteiger partial charge in [-0.05, 0) is 18.2 Å². The van der Waals surface area contributed by atoms with Gasteiger partial charge in [0.2, 0.25) is 0 Å². The van der Waals surface area contributed by atoms with E-state index in [1.54, 1.807) is 0 Å². The second-order valence-electron chi connectivity index (χ2n) is 5.85. The second-order valence-corrected chi connectivity index (χ2v) is 13.2. The Kier molecular flexibility index (Phi) is 5.10. The molecule has 0 aromatic rings. The molecule has 10 nitrogen and oxygen atoms in total. The first-order valence-electron chi connectivity index (χ1n) is 7.24. The zero-order chi connectivity index (χ0) is 19.2. The molecule has 0 unspecified atom stereocenters. The topological polar surface area (TPSA) is 147 Å². The molecule has 0 bridgehead atoms. The first kappa shape index (κ1) is 19.9. The highest BCUT2D eigenvalue weighted by Crippen LogP contribution is 2.54. The fraction of sp³-hybridized carbons (Fsp3) is 0.500. The van der Waals surface area contributed by atoms with E-state index in [0.29, 0.717) is 0 Å². The molecule has 0 saturated carbocycles. The molecule has 3 aliphatic heterocycles. The fourth-order valence-corrected chi connectivity index (χ4v) is 7.78. The normalized spacial score (nSPS) is 33.8. The molecule has 3 aliphatic rings. The van der Waals surface area contributed by atoms with Gasteiger partial charge in [0.25, 0.3) is 0 Å². The maximum Gasteiger partial charge on any atom is 0.476 e. The van der Waals surface area contributed by atoms with Crippen LogP contribution in [0.4, 0.5) is 0 Å². The number of phosphoric ester groups is 1. The minimum Gasteiger partial charge on any atom is -0.278 e. The minimum atomic E-state index is -4.48. The van der Waals surface area contributed by atoms with Crippen molar-refractivity contribution in [3.05, 3.63) is 34.5 Å². The molecule has 146 valence electrons.